The van der Waals surface area contributed by atoms with Crippen LogP contribution >= 0.6 is 15.9 Å². The number of halogens is 1. The molecule has 4 heteroatoms. The first-order valence-electron chi connectivity index (χ1n) is 4.26. The molecule has 76 valence electrons. The van der Waals surface area contributed by atoms with Crippen LogP contribution in [0.4, 0.5) is 0 Å². The summed E-state index contributed by atoms with van der Waals surface area (Å²) in [6, 6.07) is 5.34. The fourth-order valence-corrected chi connectivity index (χ4v) is 1.52. The van der Waals surface area contributed by atoms with Gasteiger partial charge in [0, 0.05) is 10.9 Å². The predicted molar refractivity (Wildman–Crippen MR) is 58.7 cm³/mol. The molecule has 0 aliphatic heterocycles. The lowest BCUT2D eigenvalue weighted by atomic mass is 10.1. The van der Waals surface area contributed by atoms with Crippen molar-refractivity contribution in [2.75, 3.05) is 13.7 Å². The average Bonchev–Trinajstić information content (AvgIpc) is 2.18. The van der Waals surface area contributed by atoms with Crippen molar-refractivity contribution in [3.05, 3.63) is 28.2 Å². The Morgan fingerprint density at radius 3 is 2.86 bits per heavy atom. The molecule has 0 heterocycles. The highest BCUT2D eigenvalue weighted by molar-refractivity contribution is 9.10. The van der Waals surface area contributed by atoms with E-state index in [1.807, 2.05) is 6.07 Å². The third-order valence-electron chi connectivity index (χ3n) is 1.83. The Bertz CT molecular complexity index is 339. The maximum absolute atomic E-state index is 11.6. The van der Waals surface area contributed by atoms with E-state index in [4.69, 9.17) is 10.5 Å². The summed E-state index contributed by atoms with van der Waals surface area (Å²) in [6.07, 6.45) is 0.340. The van der Waals surface area contributed by atoms with Crippen molar-refractivity contribution >= 4 is 21.7 Å². The van der Waals surface area contributed by atoms with Gasteiger partial charge in [-0.3, -0.25) is 4.79 Å². The highest BCUT2D eigenvalue weighted by Gasteiger charge is 2.11. The molecule has 0 aliphatic rings. The standard InChI is InChI=1S/C10H12BrNO2/c1-14-10-3-2-7(11)6-8(10)9(13)4-5-12/h2-3,6H,4-5,12H2,1H3. The van der Waals surface area contributed by atoms with E-state index >= 15 is 0 Å². The van der Waals surface area contributed by atoms with Crippen molar-refractivity contribution in [3.63, 3.8) is 0 Å². The van der Waals surface area contributed by atoms with Crippen molar-refractivity contribution < 1.29 is 9.53 Å². The third-order valence-corrected chi connectivity index (χ3v) is 2.33. The summed E-state index contributed by atoms with van der Waals surface area (Å²) < 4.78 is 5.95. The van der Waals surface area contributed by atoms with Gasteiger partial charge in [0.1, 0.15) is 5.75 Å². The molecule has 0 atom stereocenters. The number of hydrogen-bond acceptors (Lipinski definition) is 3. The lowest BCUT2D eigenvalue weighted by Crippen LogP contribution is -2.09. The number of ether oxygens (including phenoxy) is 1. The molecule has 0 aromatic heterocycles. The second kappa shape index (κ2) is 5.12. The van der Waals surface area contributed by atoms with Crippen LogP contribution in [0.3, 0.4) is 0 Å². The molecule has 2 N–H and O–H groups in total. The number of hydrogen-bond donors (Lipinski definition) is 1. The van der Waals surface area contributed by atoms with Crippen molar-refractivity contribution in [1.29, 1.82) is 0 Å². The smallest absolute Gasteiger partial charge is 0.167 e. The zero-order valence-corrected chi connectivity index (χ0v) is 9.50. The monoisotopic (exact) mass is 257 g/mol. The van der Waals surface area contributed by atoms with Gasteiger partial charge in [0.15, 0.2) is 5.78 Å². The third kappa shape index (κ3) is 2.56. The van der Waals surface area contributed by atoms with Gasteiger partial charge < -0.3 is 10.5 Å². The Morgan fingerprint density at radius 2 is 2.29 bits per heavy atom. The number of methoxy groups -OCH3 is 1. The minimum absolute atomic E-state index is 0.00523. The number of carbonyl (C=O) groups is 1. The second-order valence-corrected chi connectivity index (χ2v) is 3.72. The van der Waals surface area contributed by atoms with E-state index in [0.29, 0.717) is 24.3 Å². The summed E-state index contributed by atoms with van der Waals surface area (Å²) in [5.74, 6) is 0.595. The van der Waals surface area contributed by atoms with Gasteiger partial charge in [-0.25, -0.2) is 0 Å². The van der Waals surface area contributed by atoms with E-state index in [1.54, 1.807) is 19.2 Å². The number of carbonyl (C=O) groups excluding carboxylic acids is 1. The molecule has 0 amide bonds. The van der Waals surface area contributed by atoms with E-state index in [9.17, 15) is 4.79 Å². The summed E-state index contributed by atoms with van der Waals surface area (Å²) in [7, 11) is 1.54. The average molecular weight is 258 g/mol. The minimum atomic E-state index is 0.00523. The number of benzene rings is 1. The van der Waals surface area contributed by atoms with Crippen molar-refractivity contribution in [2.45, 2.75) is 6.42 Å². The first-order valence-corrected chi connectivity index (χ1v) is 5.05. The molecule has 0 aliphatic carbocycles. The molecule has 1 rings (SSSR count). The van der Waals surface area contributed by atoms with Crippen LogP contribution in [-0.2, 0) is 0 Å². The molecule has 0 unspecified atom stereocenters. The predicted octanol–water partition coefficient (Wildman–Crippen LogP) is 1.99. The van der Waals surface area contributed by atoms with Crippen molar-refractivity contribution in [1.82, 2.24) is 0 Å². The van der Waals surface area contributed by atoms with Crippen molar-refractivity contribution in [2.24, 2.45) is 5.73 Å². The normalized spacial score (nSPS) is 9.93. The highest BCUT2D eigenvalue weighted by Crippen LogP contribution is 2.23. The van der Waals surface area contributed by atoms with Crippen LogP contribution in [0.25, 0.3) is 0 Å². The van der Waals surface area contributed by atoms with E-state index in [-0.39, 0.29) is 5.78 Å². The van der Waals surface area contributed by atoms with Gasteiger partial charge >= 0.3 is 0 Å². The first-order chi connectivity index (χ1) is 6.69. The fourth-order valence-electron chi connectivity index (χ4n) is 1.16. The maximum atomic E-state index is 11.6. The van der Waals surface area contributed by atoms with E-state index in [1.165, 1.54) is 0 Å². The number of rotatable bonds is 4. The molecular formula is C10H12BrNO2. The van der Waals surface area contributed by atoms with Gasteiger partial charge in [-0.2, -0.15) is 0 Å². The molecule has 0 spiro atoms. The second-order valence-electron chi connectivity index (χ2n) is 2.81. The van der Waals surface area contributed by atoms with Crippen LogP contribution in [0, 0.1) is 0 Å². The van der Waals surface area contributed by atoms with Gasteiger partial charge in [0.25, 0.3) is 0 Å². The first kappa shape index (κ1) is 11.2. The topological polar surface area (TPSA) is 52.3 Å². The van der Waals surface area contributed by atoms with Gasteiger partial charge in [0.2, 0.25) is 0 Å². The van der Waals surface area contributed by atoms with Crippen LogP contribution in [0.2, 0.25) is 0 Å². The van der Waals surface area contributed by atoms with E-state index in [0.717, 1.165) is 4.47 Å². The summed E-state index contributed by atoms with van der Waals surface area (Å²) in [5, 5.41) is 0. The SMILES string of the molecule is COc1ccc(Br)cc1C(=O)CCN. The Labute approximate surface area is 91.4 Å². The van der Waals surface area contributed by atoms with E-state index < -0.39 is 0 Å². The molecule has 0 fully saturated rings. The molecule has 3 nitrogen and oxygen atoms in total. The van der Waals surface area contributed by atoms with Gasteiger partial charge in [-0.05, 0) is 24.7 Å². The molecule has 0 radical (unpaired) electrons. The number of nitrogens with two attached hydrogens (primary N) is 1. The molecule has 0 saturated carbocycles. The summed E-state index contributed by atoms with van der Waals surface area (Å²) >= 11 is 3.31. The summed E-state index contributed by atoms with van der Waals surface area (Å²) in [5.41, 5.74) is 5.90. The van der Waals surface area contributed by atoms with Crippen LogP contribution < -0.4 is 10.5 Å². The maximum Gasteiger partial charge on any atom is 0.167 e. The van der Waals surface area contributed by atoms with Crippen LogP contribution in [0.5, 0.6) is 5.75 Å². The van der Waals surface area contributed by atoms with Gasteiger partial charge in [0.05, 0.1) is 12.7 Å². The largest absolute Gasteiger partial charge is 0.496 e. The number of ketones is 1. The molecule has 1 aromatic carbocycles. The van der Waals surface area contributed by atoms with Crippen molar-refractivity contribution in [3.8, 4) is 5.75 Å². The lowest BCUT2D eigenvalue weighted by molar-refractivity contribution is 0.0982. The Morgan fingerprint density at radius 1 is 1.57 bits per heavy atom. The number of Topliss-reactive ketones (excluding diaryl/α,β-unsaturated/α-hetero) is 1. The minimum Gasteiger partial charge on any atom is -0.496 e. The Kier molecular flexibility index (Phi) is 4.10. The van der Waals surface area contributed by atoms with Gasteiger partial charge in [-0.1, -0.05) is 15.9 Å². The lowest BCUT2D eigenvalue weighted by Gasteiger charge is -2.07. The highest BCUT2D eigenvalue weighted by atomic mass is 79.9. The Balaban J connectivity index is 3.03. The summed E-state index contributed by atoms with van der Waals surface area (Å²) in [6.45, 7) is 0.356. The fraction of sp³-hybridized carbons (Fsp3) is 0.300. The zero-order chi connectivity index (χ0) is 10.6. The van der Waals surface area contributed by atoms with Crippen LogP contribution in [0.15, 0.2) is 22.7 Å². The van der Waals surface area contributed by atoms with Crippen LogP contribution in [-0.4, -0.2) is 19.4 Å². The molecule has 0 saturated heterocycles. The quantitative estimate of drug-likeness (QED) is 0.840. The molecule has 1 aromatic rings. The van der Waals surface area contributed by atoms with Crippen LogP contribution in [0.1, 0.15) is 16.8 Å². The molecule has 0 bridgehead atoms. The zero-order valence-electron chi connectivity index (χ0n) is 7.92. The van der Waals surface area contributed by atoms with Gasteiger partial charge in [-0.15, -0.1) is 0 Å². The molecule has 14 heavy (non-hydrogen) atoms. The molecular weight excluding hydrogens is 246 g/mol. The summed E-state index contributed by atoms with van der Waals surface area (Å²) in [4.78, 5) is 11.6. The van der Waals surface area contributed by atoms with E-state index in [2.05, 4.69) is 15.9 Å². The Hall–Kier alpha value is -0.870.